The minimum Gasteiger partial charge on any atom is -0.477 e. The smallest absolute Gasteiger partial charge is 0.361 e. The first-order chi connectivity index (χ1) is 34.6. The van der Waals surface area contributed by atoms with E-state index < -0.39 is 30.3 Å². The molecular weight excluding hydrogens is 887 g/mol. The van der Waals surface area contributed by atoms with Gasteiger partial charge in [0.2, 0.25) is 0 Å². The summed E-state index contributed by atoms with van der Waals surface area (Å²) in [6.07, 6.45) is 73.2. The minimum atomic E-state index is -1.54. The number of carboxylic acids is 1. The SMILES string of the molecule is CC/C=C\C/C=C\C/C=C\C/C=C\C/C=C\C/C=C\C/C=C\C/C=C\C/C=C\CCCCCC(=O)OC(COC(=O)CCCC/C=C\C/C=C\C/C=C\C/C=C\CC)COC(OCC[N+](C)(C)C)C(=O)O. The van der Waals surface area contributed by atoms with Crippen molar-refractivity contribution in [1.82, 2.24) is 0 Å². The number of allylic oxidation sites excluding steroid dienone is 26. The lowest BCUT2D eigenvalue weighted by atomic mass is 10.1. The van der Waals surface area contributed by atoms with Gasteiger partial charge >= 0.3 is 17.9 Å². The molecule has 2 atom stereocenters. The van der Waals surface area contributed by atoms with Crippen LogP contribution in [0.4, 0.5) is 0 Å². The first kappa shape index (κ1) is 65.9. The molecule has 0 saturated carbocycles. The second-order valence-electron chi connectivity index (χ2n) is 18.1. The summed E-state index contributed by atoms with van der Waals surface area (Å²) < 4.78 is 22.7. The van der Waals surface area contributed by atoms with Crippen LogP contribution in [0.2, 0.25) is 0 Å². The minimum absolute atomic E-state index is 0.164. The molecule has 0 aromatic heterocycles. The summed E-state index contributed by atoms with van der Waals surface area (Å²) in [4.78, 5) is 37.3. The Bertz CT molecular complexity index is 1710. The van der Waals surface area contributed by atoms with Crippen LogP contribution in [0, 0.1) is 0 Å². The molecular formula is C62H96NO8+. The van der Waals surface area contributed by atoms with Gasteiger partial charge in [0.15, 0.2) is 6.10 Å². The second-order valence-corrected chi connectivity index (χ2v) is 18.1. The van der Waals surface area contributed by atoms with Gasteiger partial charge < -0.3 is 28.5 Å². The molecule has 0 amide bonds. The van der Waals surface area contributed by atoms with Crippen molar-refractivity contribution in [2.75, 3.05) is 47.5 Å². The monoisotopic (exact) mass is 983 g/mol. The zero-order valence-electron chi connectivity index (χ0n) is 44.8. The van der Waals surface area contributed by atoms with Gasteiger partial charge in [-0.3, -0.25) is 9.59 Å². The molecule has 1 N–H and O–H groups in total. The van der Waals surface area contributed by atoms with E-state index in [0.717, 1.165) is 116 Å². The maximum absolute atomic E-state index is 12.8. The van der Waals surface area contributed by atoms with Crippen LogP contribution in [0.25, 0.3) is 0 Å². The van der Waals surface area contributed by atoms with Crippen molar-refractivity contribution in [2.45, 2.75) is 167 Å². The molecule has 0 aromatic rings. The summed E-state index contributed by atoms with van der Waals surface area (Å²) in [5, 5.41) is 9.67. The summed E-state index contributed by atoms with van der Waals surface area (Å²) in [5.74, 6) is -2.14. The lowest BCUT2D eigenvalue weighted by Gasteiger charge is -2.25. The topological polar surface area (TPSA) is 108 Å². The van der Waals surface area contributed by atoms with Crippen LogP contribution >= 0.6 is 0 Å². The van der Waals surface area contributed by atoms with Gasteiger partial charge in [-0.2, -0.15) is 0 Å². The average Bonchev–Trinajstić information content (AvgIpc) is 3.34. The molecule has 9 heteroatoms. The molecule has 0 aliphatic rings. The number of nitrogens with zero attached hydrogens (tertiary/aromatic N) is 1. The van der Waals surface area contributed by atoms with Gasteiger partial charge in [-0.15, -0.1) is 0 Å². The van der Waals surface area contributed by atoms with Crippen LogP contribution in [0.5, 0.6) is 0 Å². The molecule has 0 spiro atoms. The second kappa shape index (κ2) is 51.3. The largest absolute Gasteiger partial charge is 0.477 e. The van der Waals surface area contributed by atoms with Crippen molar-refractivity contribution in [1.29, 1.82) is 0 Å². The average molecular weight is 983 g/mol. The van der Waals surface area contributed by atoms with E-state index >= 15 is 0 Å². The third-order valence-electron chi connectivity index (χ3n) is 10.3. The molecule has 2 unspecified atom stereocenters. The quantitative estimate of drug-likeness (QED) is 0.0211. The summed E-state index contributed by atoms with van der Waals surface area (Å²) in [6, 6.07) is 0. The first-order valence-electron chi connectivity index (χ1n) is 26.6. The number of ether oxygens (including phenoxy) is 4. The van der Waals surface area contributed by atoms with E-state index in [1.807, 2.05) is 21.1 Å². The maximum Gasteiger partial charge on any atom is 0.361 e. The summed E-state index contributed by atoms with van der Waals surface area (Å²) in [6.45, 7) is 4.51. The molecule has 71 heavy (non-hydrogen) atoms. The van der Waals surface area contributed by atoms with E-state index in [0.29, 0.717) is 23.9 Å². The van der Waals surface area contributed by atoms with Crippen molar-refractivity contribution in [2.24, 2.45) is 0 Å². The number of hydrogen-bond donors (Lipinski definition) is 1. The Kier molecular flexibility index (Phi) is 47.6. The predicted molar refractivity (Wildman–Crippen MR) is 299 cm³/mol. The Morgan fingerprint density at radius 1 is 0.423 bits per heavy atom. The first-order valence-corrected chi connectivity index (χ1v) is 26.6. The van der Waals surface area contributed by atoms with E-state index in [-0.39, 0.29) is 32.7 Å². The molecule has 0 saturated heterocycles. The van der Waals surface area contributed by atoms with E-state index in [2.05, 4.69) is 172 Å². The highest BCUT2D eigenvalue weighted by Gasteiger charge is 2.25. The Labute approximate surface area is 432 Å². The number of unbranched alkanes of at least 4 members (excludes halogenated alkanes) is 5. The number of carbonyl (C=O) groups is 3. The Morgan fingerprint density at radius 2 is 0.761 bits per heavy atom. The van der Waals surface area contributed by atoms with E-state index in [1.165, 1.54) is 0 Å². The van der Waals surface area contributed by atoms with Gasteiger partial charge in [-0.1, -0.05) is 178 Å². The van der Waals surface area contributed by atoms with Gasteiger partial charge in [0.05, 0.1) is 34.4 Å². The number of quaternary nitrogens is 1. The van der Waals surface area contributed by atoms with Gasteiger partial charge in [-0.05, 0) is 122 Å². The highest BCUT2D eigenvalue weighted by molar-refractivity contribution is 5.71. The third kappa shape index (κ3) is 52.6. The molecule has 9 nitrogen and oxygen atoms in total. The Morgan fingerprint density at radius 3 is 1.13 bits per heavy atom. The third-order valence-corrected chi connectivity index (χ3v) is 10.3. The van der Waals surface area contributed by atoms with Crippen LogP contribution in [-0.4, -0.2) is 87.4 Å². The normalized spacial score (nSPS) is 14.1. The molecule has 0 aliphatic heterocycles. The Hall–Kier alpha value is -5.09. The number of carbonyl (C=O) groups excluding carboxylic acids is 2. The molecule has 0 rings (SSSR count). The van der Waals surface area contributed by atoms with Crippen LogP contribution in [0.15, 0.2) is 158 Å². The molecule has 0 aromatic carbocycles. The van der Waals surface area contributed by atoms with Crippen LogP contribution in [-0.2, 0) is 33.3 Å². The maximum atomic E-state index is 12.8. The number of rotatable bonds is 46. The van der Waals surface area contributed by atoms with Crippen molar-refractivity contribution >= 4 is 17.9 Å². The van der Waals surface area contributed by atoms with Gasteiger partial charge in [0.1, 0.15) is 13.2 Å². The Balaban J connectivity index is 4.44. The molecule has 396 valence electrons. The van der Waals surface area contributed by atoms with Gasteiger partial charge in [-0.25, -0.2) is 4.79 Å². The van der Waals surface area contributed by atoms with Gasteiger partial charge in [0.25, 0.3) is 6.29 Å². The van der Waals surface area contributed by atoms with E-state index in [9.17, 15) is 19.5 Å². The zero-order chi connectivity index (χ0) is 52.0. The summed E-state index contributed by atoms with van der Waals surface area (Å²) >= 11 is 0. The van der Waals surface area contributed by atoms with Crippen molar-refractivity contribution < 1.29 is 42.9 Å². The van der Waals surface area contributed by atoms with E-state index in [1.54, 1.807) is 0 Å². The fourth-order valence-electron chi connectivity index (χ4n) is 6.23. The predicted octanol–water partition coefficient (Wildman–Crippen LogP) is 15.4. The number of likely N-dealkylation sites (N-methyl/N-ethyl adjacent to an activating group) is 1. The number of hydrogen-bond acceptors (Lipinski definition) is 7. The number of esters is 2. The number of aliphatic carboxylic acids is 1. The van der Waals surface area contributed by atoms with Crippen molar-refractivity contribution in [3.8, 4) is 0 Å². The number of carboxylic acid groups (broad SMARTS) is 1. The fraction of sp³-hybridized carbons (Fsp3) is 0.532. The molecule has 0 bridgehead atoms. The zero-order valence-corrected chi connectivity index (χ0v) is 44.8. The highest BCUT2D eigenvalue weighted by atomic mass is 16.7. The van der Waals surface area contributed by atoms with E-state index in [4.69, 9.17) is 18.9 Å². The lowest BCUT2D eigenvalue weighted by molar-refractivity contribution is -0.870. The van der Waals surface area contributed by atoms with Crippen LogP contribution in [0.3, 0.4) is 0 Å². The highest BCUT2D eigenvalue weighted by Crippen LogP contribution is 2.10. The molecule has 0 aliphatic carbocycles. The van der Waals surface area contributed by atoms with Crippen LogP contribution in [0.1, 0.15) is 155 Å². The molecule has 0 radical (unpaired) electrons. The molecule has 0 fully saturated rings. The molecule has 0 heterocycles. The summed E-state index contributed by atoms with van der Waals surface area (Å²) in [5.41, 5.74) is 0. The fourth-order valence-corrected chi connectivity index (χ4v) is 6.23. The standard InChI is InChI=1S/C62H95NO8/c1-6-8-10-12-14-16-18-20-22-23-24-25-26-27-28-29-30-31-32-33-34-35-36-37-39-41-43-45-47-49-51-53-60(65)71-58(57-70-62(61(66)67)68-55-54-63(3,4)5)56-69-59(64)52-50-48-46-44-42-40-38-21-19-17-15-13-11-9-7-2/h8-11,14-17,20-22,24-25,27-28,30-31,33-34,36-38,41-44,58,62H,6-7,12-13,18-19,23,26,29,32,35,39-40,45-57H2,1-5H3/p+1/b10-8-,11-9-,16-14-,17-15-,22-20-,25-24-,28-27-,31-30-,34-33-,37-36-,38-21-,43-41-,44-42-. The lowest BCUT2D eigenvalue weighted by Crippen LogP contribution is -2.40. The summed E-state index contributed by atoms with van der Waals surface area (Å²) in [7, 11) is 5.92. The van der Waals surface area contributed by atoms with Crippen LogP contribution < -0.4 is 0 Å². The van der Waals surface area contributed by atoms with Crippen molar-refractivity contribution in [3.05, 3.63) is 158 Å². The van der Waals surface area contributed by atoms with Gasteiger partial charge in [0, 0.05) is 12.8 Å². The van der Waals surface area contributed by atoms with Crippen molar-refractivity contribution in [3.63, 3.8) is 0 Å².